The molecule has 0 unspecified atom stereocenters. The first-order valence-electron chi connectivity index (χ1n) is 7.79. The molecule has 8 nitrogen and oxygen atoms in total. The fourth-order valence-corrected chi connectivity index (χ4v) is 3.77. The first-order chi connectivity index (χ1) is 12.8. The number of nitrogens with one attached hydrogen (secondary N) is 2. The van der Waals surface area contributed by atoms with Gasteiger partial charge in [0.1, 0.15) is 11.5 Å². The standard InChI is InChI=1S/C17H18N2O6S2/c1-9-10(2)27-16(14(9)17(23)24-3)19-12(20)8-25-13(21)7-18-15(22)11-5-4-6-26-11/h4-6H,7-8H2,1-3H3,(H,18,22)(H,19,20). The maximum absolute atomic E-state index is 12.0. The quantitative estimate of drug-likeness (QED) is 0.677. The second-order valence-electron chi connectivity index (χ2n) is 5.35. The molecule has 0 aliphatic heterocycles. The molecule has 0 saturated carbocycles. The number of ether oxygens (including phenoxy) is 2. The van der Waals surface area contributed by atoms with Crippen molar-refractivity contribution >= 4 is 51.4 Å². The predicted octanol–water partition coefficient (Wildman–Crippen LogP) is 2.12. The van der Waals surface area contributed by atoms with Gasteiger partial charge in [-0.3, -0.25) is 14.4 Å². The molecule has 0 fully saturated rings. The Kier molecular flexibility index (Phi) is 7.08. The smallest absolute Gasteiger partial charge is 0.341 e. The number of amides is 2. The Balaban J connectivity index is 1.84. The monoisotopic (exact) mass is 410 g/mol. The summed E-state index contributed by atoms with van der Waals surface area (Å²) in [5, 5.41) is 7.03. The van der Waals surface area contributed by atoms with Crippen LogP contribution in [0.1, 0.15) is 30.5 Å². The Bertz CT molecular complexity index is 857. The summed E-state index contributed by atoms with van der Waals surface area (Å²) in [5.41, 5.74) is 0.998. The minimum absolute atomic E-state index is 0.280. The van der Waals surface area contributed by atoms with Crippen molar-refractivity contribution in [2.24, 2.45) is 0 Å². The van der Waals surface area contributed by atoms with Gasteiger partial charge < -0.3 is 20.1 Å². The van der Waals surface area contributed by atoms with E-state index < -0.39 is 30.4 Å². The maximum Gasteiger partial charge on any atom is 0.341 e. The highest BCUT2D eigenvalue weighted by Crippen LogP contribution is 2.32. The van der Waals surface area contributed by atoms with E-state index in [9.17, 15) is 19.2 Å². The van der Waals surface area contributed by atoms with Crippen molar-refractivity contribution in [2.45, 2.75) is 13.8 Å². The van der Waals surface area contributed by atoms with Crippen LogP contribution in [0.2, 0.25) is 0 Å². The Hall–Kier alpha value is -2.72. The van der Waals surface area contributed by atoms with E-state index in [1.54, 1.807) is 24.4 Å². The summed E-state index contributed by atoms with van der Waals surface area (Å²) in [4.78, 5) is 48.6. The van der Waals surface area contributed by atoms with Crippen LogP contribution in [0.3, 0.4) is 0 Å². The topological polar surface area (TPSA) is 111 Å². The van der Waals surface area contributed by atoms with Crippen molar-refractivity contribution in [1.29, 1.82) is 0 Å². The largest absolute Gasteiger partial charge is 0.465 e. The van der Waals surface area contributed by atoms with Gasteiger partial charge in [0, 0.05) is 4.88 Å². The van der Waals surface area contributed by atoms with Crippen molar-refractivity contribution in [3.8, 4) is 0 Å². The maximum atomic E-state index is 12.0. The molecule has 0 spiro atoms. The molecular weight excluding hydrogens is 392 g/mol. The van der Waals surface area contributed by atoms with E-state index in [1.807, 2.05) is 6.92 Å². The molecule has 0 atom stereocenters. The zero-order chi connectivity index (χ0) is 20.0. The molecule has 0 bridgehead atoms. The zero-order valence-corrected chi connectivity index (χ0v) is 16.5. The third-order valence-electron chi connectivity index (χ3n) is 3.53. The van der Waals surface area contributed by atoms with Crippen molar-refractivity contribution in [1.82, 2.24) is 5.32 Å². The van der Waals surface area contributed by atoms with E-state index in [-0.39, 0.29) is 12.1 Å². The van der Waals surface area contributed by atoms with Crippen molar-refractivity contribution in [3.05, 3.63) is 38.4 Å². The molecular formula is C17H18N2O6S2. The number of thiophene rings is 2. The van der Waals surface area contributed by atoms with Gasteiger partial charge in [0.05, 0.1) is 17.6 Å². The second kappa shape index (κ2) is 9.28. The van der Waals surface area contributed by atoms with E-state index in [0.717, 1.165) is 10.4 Å². The van der Waals surface area contributed by atoms with Crippen LogP contribution in [-0.4, -0.2) is 44.0 Å². The molecule has 0 saturated heterocycles. The number of anilines is 1. The SMILES string of the molecule is COC(=O)c1c(NC(=O)COC(=O)CNC(=O)c2cccs2)sc(C)c1C. The fourth-order valence-electron chi connectivity index (χ4n) is 2.07. The molecule has 27 heavy (non-hydrogen) atoms. The molecule has 0 radical (unpaired) electrons. The number of carbonyl (C=O) groups excluding carboxylic acids is 4. The number of carbonyl (C=O) groups is 4. The first-order valence-corrected chi connectivity index (χ1v) is 9.48. The number of aryl methyl sites for hydroxylation is 1. The van der Waals surface area contributed by atoms with E-state index in [0.29, 0.717) is 9.88 Å². The highest BCUT2D eigenvalue weighted by molar-refractivity contribution is 7.16. The van der Waals surface area contributed by atoms with Crippen molar-refractivity contribution in [2.75, 3.05) is 25.6 Å². The second-order valence-corrected chi connectivity index (χ2v) is 7.52. The van der Waals surface area contributed by atoms with Crippen LogP contribution in [0, 0.1) is 13.8 Å². The fraction of sp³-hybridized carbons (Fsp3) is 0.294. The van der Waals surface area contributed by atoms with Gasteiger partial charge >= 0.3 is 11.9 Å². The Labute approximate surface area is 163 Å². The summed E-state index contributed by atoms with van der Waals surface area (Å²) in [6, 6.07) is 3.35. The van der Waals surface area contributed by atoms with E-state index in [1.165, 1.54) is 29.8 Å². The van der Waals surface area contributed by atoms with Gasteiger partial charge in [0.25, 0.3) is 11.8 Å². The van der Waals surface area contributed by atoms with Gasteiger partial charge in [-0.1, -0.05) is 6.07 Å². The van der Waals surface area contributed by atoms with Crippen LogP contribution < -0.4 is 10.6 Å². The lowest BCUT2D eigenvalue weighted by Crippen LogP contribution is -2.31. The summed E-state index contributed by atoms with van der Waals surface area (Å²) in [5.74, 6) is -2.29. The molecule has 2 aromatic rings. The van der Waals surface area contributed by atoms with Crippen LogP contribution in [-0.2, 0) is 19.1 Å². The third-order valence-corrected chi connectivity index (χ3v) is 5.52. The van der Waals surface area contributed by atoms with Crippen LogP contribution in [0.15, 0.2) is 17.5 Å². The minimum Gasteiger partial charge on any atom is -0.465 e. The summed E-state index contributed by atoms with van der Waals surface area (Å²) >= 11 is 2.48. The lowest BCUT2D eigenvalue weighted by Gasteiger charge is -2.07. The Morgan fingerprint density at radius 1 is 1.19 bits per heavy atom. The average Bonchev–Trinajstić information content (AvgIpc) is 3.26. The van der Waals surface area contributed by atoms with Gasteiger partial charge in [-0.2, -0.15) is 0 Å². The zero-order valence-electron chi connectivity index (χ0n) is 14.9. The third kappa shape index (κ3) is 5.38. The van der Waals surface area contributed by atoms with Gasteiger partial charge in [-0.05, 0) is 30.9 Å². The molecule has 0 aliphatic carbocycles. The summed E-state index contributed by atoms with van der Waals surface area (Å²) in [6.45, 7) is 2.68. The van der Waals surface area contributed by atoms with Gasteiger partial charge in [-0.15, -0.1) is 22.7 Å². The molecule has 2 rings (SSSR count). The Morgan fingerprint density at radius 3 is 2.56 bits per heavy atom. The van der Waals surface area contributed by atoms with E-state index in [4.69, 9.17) is 9.47 Å². The normalized spacial score (nSPS) is 10.2. The molecule has 2 N–H and O–H groups in total. The van der Waals surface area contributed by atoms with Crippen LogP contribution in [0.25, 0.3) is 0 Å². The predicted molar refractivity (Wildman–Crippen MR) is 101 cm³/mol. The molecule has 0 aromatic carbocycles. The highest BCUT2D eigenvalue weighted by atomic mass is 32.1. The molecule has 2 heterocycles. The minimum atomic E-state index is -0.748. The summed E-state index contributed by atoms with van der Waals surface area (Å²) in [7, 11) is 1.26. The van der Waals surface area contributed by atoms with Gasteiger partial charge in [0.15, 0.2) is 6.61 Å². The molecule has 0 aliphatic rings. The average molecular weight is 410 g/mol. The van der Waals surface area contributed by atoms with E-state index in [2.05, 4.69) is 10.6 Å². The molecule has 2 aromatic heterocycles. The van der Waals surface area contributed by atoms with Gasteiger partial charge in [-0.25, -0.2) is 4.79 Å². The first kappa shape index (κ1) is 20.6. The number of rotatable bonds is 7. The van der Waals surface area contributed by atoms with Crippen LogP contribution in [0.5, 0.6) is 0 Å². The van der Waals surface area contributed by atoms with Crippen molar-refractivity contribution < 1.29 is 28.7 Å². The van der Waals surface area contributed by atoms with E-state index >= 15 is 0 Å². The van der Waals surface area contributed by atoms with Crippen molar-refractivity contribution in [3.63, 3.8) is 0 Å². The summed E-state index contributed by atoms with van der Waals surface area (Å²) < 4.78 is 9.56. The lowest BCUT2D eigenvalue weighted by molar-refractivity contribution is -0.146. The summed E-state index contributed by atoms with van der Waals surface area (Å²) in [6.07, 6.45) is 0. The lowest BCUT2D eigenvalue weighted by atomic mass is 10.1. The molecule has 10 heteroatoms. The Morgan fingerprint density at radius 2 is 1.93 bits per heavy atom. The van der Waals surface area contributed by atoms with Crippen LogP contribution >= 0.6 is 22.7 Å². The molecule has 2 amide bonds. The number of esters is 2. The molecule has 144 valence electrons. The number of methoxy groups -OCH3 is 1. The highest BCUT2D eigenvalue weighted by Gasteiger charge is 2.22. The number of hydrogen-bond donors (Lipinski definition) is 2. The van der Waals surface area contributed by atoms with Crippen LogP contribution in [0.4, 0.5) is 5.00 Å². The van der Waals surface area contributed by atoms with Gasteiger partial charge in [0.2, 0.25) is 0 Å². The number of hydrogen-bond acceptors (Lipinski definition) is 8.